The number of hydrogen-bond donors (Lipinski definition) is 0. The Hall–Kier alpha value is -1.91. The van der Waals surface area contributed by atoms with Crippen molar-refractivity contribution in [2.45, 2.75) is 33.2 Å². The summed E-state index contributed by atoms with van der Waals surface area (Å²) in [4.78, 5) is 23.8. The number of nitrogens with zero attached hydrogens (tertiary/aromatic N) is 2. The van der Waals surface area contributed by atoms with E-state index in [2.05, 4.69) is 25.7 Å². The second-order valence-electron chi connectivity index (χ2n) is 5.83. The first-order chi connectivity index (χ1) is 9.43. The quantitative estimate of drug-likeness (QED) is 0.483. The van der Waals surface area contributed by atoms with Crippen LogP contribution in [0.2, 0.25) is 0 Å². The first-order valence-electron chi connectivity index (χ1n) is 6.94. The minimum Gasteiger partial charge on any atom is -0.363 e. The third kappa shape index (κ3) is 2.66. The van der Waals surface area contributed by atoms with Gasteiger partial charge in [0, 0.05) is 24.2 Å². The van der Waals surface area contributed by atoms with Gasteiger partial charge in [0.1, 0.15) is 12.0 Å². The Morgan fingerprint density at radius 1 is 1.35 bits per heavy atom. The molecule has 1 fully saturated rings. The summed E-state index contributed by atoms with van der Waals surface area (Å²) in [5.74, 6) is 0.996. The molecule has 1 aromatic rings. The van der Waals surface area contributed by atoms with Crippen LogP contribution < -0.4 is 4.90 Å². The number of nitro groups is 1. The Bertz CT molecular complexity index is 530. The molecule has 0 bridgehead atoms. The van der Waals surface area contributed by atoms with E-state index in [0.29, 0.717) is 29.4 Å². The molecule has 1 aliphatic rings. The number of anilines is 1. The van der Waals surface area contributed by atoms with E-state index in [1.165, 1.54) is 6.07 Å². The average Bonchev–Trinajstić information content (AvgIpc) is 2.42. The maximum atomic E-state index is 11.3. The molecule has 20 heavy (non-hydrogen) atoms. The molecule has 2 rings (SSSR count). The molecular weight excluding hydrogens is 256 g/mol. The normalized spacial score (nSPS) is 26.4. The maximum absolute atomic E-state index is 11.3. The fourth-order valence-electron chi connectivity index (χ4n) is 3.04. The van der Waals surface area contributed by atoms with Crippen LogP contribution in [0.4, 0.5) is 11.4 Å². The Morgan fingerprint density at radius 3 is 2.65 bits per heavy atom. The molecule has 0 aromatic heterocycles. The van der Waals surface area contributed by atoms with Crippen molar-refractivity contribution in [2.24, 2.45) is 11.8 Å². The summed E-state index contributed by atoms with van der Waals surface area (Å²) in [6.07, 6.45) is 1.78. The van der Waals surface area contributed by atoms with E-state index in [0.717, 1.165) is 13.0 Å². The highest BCUT2D eigenvalue weighted by atomic mass is 16.6. The fourth-order valence-corrected chi connectivity index (χ4v) is 3.04. The minimum atomic E-state index is -0.404. The van der Waals surface area contributed by atoms with Crippen molar-refractivity contribution in [3.8, 4) is 0 Å². The standard InChI is InChI=1S/C15H20N2O3/c1-10-6-11(2)12(3)16(8-10)14-5-4-13(9-18)7-15(14)17(19)20/h4-5,7,9-12H,6,8H2,1-3H3. The highest BCUT2D eigenvalue weighted by Crippen LogP contribution is 2.36. The molecule has 0 N–H and O–H groups in total. The second-order valence-corrected chi connectivity index (χ2v) is 5.83. The van der Waals surface area contributed by atoms with Crippen molar-refractivity contribution in [3.63, 3.8) is 0 Å². The predicted molar refractivity (Wildman–Crippen MR) is 78.2 cm³/mol. The van der Waals surface area contributed by atoms with Gasteiger partial charge in [0.25, 0.3) is 5.69 Å². The molecule has 1 saturated heterocycles. The van der Waals surface area contributed by atoms with Gasteiger partial charge in [-0.25, -0.2) is 0 Å². The van der Waals surface area contributed by atoms with Crippen LogP contribution in [0.3, 0.4) is 0 Å². The van der Waals surface area contributed by atoms with Crippen molar-refractivity contribution in [1.82, 2.24) is 0 Å². The van der Waals surface area contributed by atoms with Gasteiger partial charge in [-0.1, -0.05) is 13.8 Å². The number of aldehydes is 1. The van der Waals surface area contributed by atoms with Crippen LogP contribution in [0, 0.1) is 22.0 Å². The number of hydrogen-bond acceptors (Lipinski definition) is 4. The lowest BCUT2D eigenvalue weighted by Crippen LogP contribution is -2.46. The number of rotatable bonds is 3. The van der Waals surface area contributed by atoms with Gasteiger partial charge in [-0.2, -0.15) is 0 Å². The summed E-state index contributed by atoms with van der Waals surface area (Å²) in [7, 11) is 0. The molecular formula is C15H20N2O3. The van der Waals surface area contributed by atoms with Crippen LogP contribution in [0.15, 0.2) is 18.2 Å². The predicted octanol–water partition coefficient (Wildman–Crippen LogP) is 3.28. The van der Waals surface area contributed by atoms with E-state index in [4.69, 9.17) is 0 Å². The number of piperidine rings is 1. The first-order valence-corrected chi connectivity index (χ1v) is 6.94. The van der Waals surface area contributed by atoms with Crippen LogP contribution in [0.25, 0.3) is 0 Å². The zero-order chi connectivity index (χ0) is 14.9. The van der Waals surface area contributed by atoms with E-state index >= 15 is 0 Å². The van der Waals surface area contributed by atoms with Crippen molar-refractivity contribution in [3.05, 3.63) is 33.9 Å². The van der Waals surface area contributed by atoms with Gasteiger partial charge < -0.3 is 4.90 Å². The molecule has 0 saturated carbocycles. The highest BCUT2D eigenvalue weighted by molar-refractivity contribution is 5.79. The van der Waals surface area contributed by atoms with Gasteiger partial charge in [0.2, 0.25) is 0 Å². The van der Waals surface area contributed by atoms with Crippen LogP contribution in [-0.4, -0.2) is 23.8 Å². The largest absolute Gasteiger partial charge is 0.363 e. The van der Waals surface area contributed by atoms with Gasteiger partial charge in [0.15, 0.2) is 0 Å². The van der Waals surface area contributed by atoms with E-state index in [1.807, 2.05) is 0 Å². The van der Waals surface area contributed by atoms with E-state index in [9.17, 15) is 14.9 Å². The molecule has 3 atom stereocenters. The Kier molecular flexibility index (Phi) is 4.06. The van der Waals surface area contributed by atoms with Crippen molar-refractivity contribution in [1.29, 1.82) is 0 Å². The maximum Gasteiger partial charge on any atom is 0.293 e. The van der Waals surface area contributed by atoms with Crippen molar-refractivity contribution < 1.29 is 9.72 Å². The summed E-state index contributed by atoms with van der Waals surface area (Å²) < 4.78 is 0. The topological polar surface area (TPSA) is 63.5 Å². The molecule has 1 heterocycles. The van der Waals surface area contributed by atoms with E-state index < -0.39 is 4.92 Å². The third-order valence-electron chi connectivity index (χ3n) is 4.24. The lowest BCUT2D eigenvalue weighted by molar-refractivity contribution is -0.384. The average molecular weight is 276 g/mol. The minimum absolute atomic E-state index is 0.0164. The number of benzene rings is 1. The third-order valence-corrected chi connectivity index (χ3v) is 4.24. The van der Waals surface area contributed by atoms with E-state index in [1.54, 1.807) is 12.1 Å². The van der Waals surface area contributed by atoms with Gasteiger partial charge in [-0.05, 0) is 37.3 Å². The summed E-state index contributed by atoms with van der Waals surface area (Å²) in [6.45, 7) is 7.26. The van der Waals surface area contributed by atoms with Crippen molar-refractivity contribution >= 4 is 17.7 Å². The Balaban J connectivity index is 2.45. The van der Waals surface area contributed by atoms with Crippen molar-refractivity contribution in [2.75, 3.05) is 11.4 Å². The lowest BCUT2D eigenvalue weighted by atomic mass is 9.85. The smallest absolute Gasteiger partial charge is 0.293 e. The van der Waals surface area contributed by atoms with Gasteiger partial charge >= 0.3 is 0 Å². The van der Waals surface area contributed by atoms with Crippen LogP contribution in [0.1, 0.15) is 37.6 Å². The molecule has 0 spiro atoms. The number of carbonyl (C=O) groups is 1. The monoisotopic (exact) mass is 276 g/mol. The van der Waals surface area contributed by atoms with E-state index in [-0.39, 0.29) is 11.7 Å². The summed E-state index contributed by atoms with van der Waals surface area (Å²) in [5.41, 5.74) is 0.973. The van der Waals surface area contributed by atoms with Gasteiger partial charge in [-0.15, -0.1) is 0 Å². The number of nitro benzene ring substituents is 1. The molecule has 108 valence electrons. The summed E-state index contributed by atoms with van der Waals surface area (Å²) in [5, 5.41) is 11.3. The zero-order valence-electron chi connectivity index (χ0n) is 12.1. The summed E-state index contributed by atoms with van der Waals surface area (Å²) >= 11 is 0. The molecule has 3 unspecified atom stereocenters. The molecule has 0 amide bonds. The number of carbonyl (C=O) groups excluding carboxylic acids is 1. The Morgan fingerprint density at radius 2 is 2.05 bits per heavy atom. The molecule has 0 radical (unpaired) electrons. The molecule has 5 nitrogen and oxygen atoms in total. The lowest BCUT2D eigenvalue weighted by Gasteiger charge is -2.42. The van der Waals surface area contributed by atoms with Gasteiger partial charge in [-0.3, -0.25) is 14.9 Å². The van der Waals surface area contributed by atoms with Crippen LogP contribution >= 0.6 is 0 Å². The molecule has 5 heteroatoms. The first kappa shape index (κ1) is 14.5. The fraction of sp³-hybridized carbons (Fsp3) is 0.533. The Labute approximate surface area is 118 Å². The molecule has 1 aliphatic heterocycles. The highest BCUT2D eigenvalue weighted by Gasteiger charge is 2.32. The zero-order valence-corrected chi connectivity index (χ0v) is 12.1. The van der Waals surface area contributed by atoms with Crippen LogP contribution in [-0.2, 0) is 0 Å². The summed E-state index contributed by atoms with van der Waals surface area (Å²) in [6, 6.07) is 4.96. The van der Waals surface area contributed by atoms with Crippen LogP contribution in [0.5, 0.6) is 0 Å². The molecule has 1 aromatic carbocycles. The second kappa shape index (κ2) is 5.61. The SMILES string of the molecule is CC1CC(C)C(C)N(c2ccc(C=O)cc2[N+](=O)[O-])C1. The van der Waals surface area contributed by atoms with Gasteiger partial charge in [0.05, 0.1) is 4.92 Å². The molecule has 0 aliphatic carbocycles.